The minimum Gasteiger partial charge on any atom is -0.310 e. The lowest BCUT2D eigenvalue weighted by atomic mass is 10.1. The number of hydrogen-bond acceptors (Lipinski definition) is 3. The lowest BCUT2D eigenvalue weighted by molar-refractivity contribution is 0.551. The van der Waals surface area contributed by atoms with Crippen LogP contribution in [-0.4, -0.2) is 21.0 Å². The first kappa shape index (κ1) is 15.5. The Balaban J connectivity index is 1.89. The highest BCUT2D eigenvalue weighted by atomic mass is 32.2. The highest BCUT2D eigenvalue weighted by Crippen LogP contribution is 2.19. The summed E-state index contributed by atoms with van der Waals surface area (Å²) < 4.78 is 26.8. The third-order valence-corrected chi connectivity index (χ3v) is 4.90. The van der Waals surface area contributed by atoms with Crippen LogP contribution in [0.5, 0.6) is 0 Å². The first-order valence-corrected chi connectivity index (χ1v) is 8.77. The van der Waals surface area contributed by atoms with Crippen LogP contribution in [0.25, 0.3) is 0 Å². The van der Waals surface area contributed by atoms with Crippen molar-refractivity contribution >= 4 is 10.0 Å². The van der Waals surface area contributed by atoms with E-state index in [4.69, 9.17) is 0 Å². The van der Waals surface area contributed by atoms with Gasteiger partial charge < -0.3 is 5.32 Å². The Hall–Kier alpha value is -0.910. The number of hydrogen-bond donors (Lipinski definition) is 2. The Morgan fingerprint density at radius 2 is 1.85 bits per heavy atom. The van der Waals surface area contributed by atoms with E-state index in [9.17, 15) is 8.42 Å². The molecule has 20 heavy (non-hydrogen) atoms. The smallest absolute Gasteiger partial charge is 0.240 e. The monoisotopic (exact) mass is 296 g/mol. The topological polar surface area (TPSA) is 58.2 Å². The van der Waals surface area contributed by atoms with Crippen molar-refractivity contribution in [1.29, 1.82) is 0 Å². The van der Waals surface area contributed by atoms with Gasteiger partial charge in [-0.25, -0.2) is 13.1 Å². The minimum absolute atomic E-state index is 0.344. The van der Waals surface area contributed by atoms with Gasteiger partial charge in [0.15, 0.2) is 0 Å². The molecule has 0 atom stereocenters. The summed E-state index contributed by atoms with van der Waals surface area (Å²) in [5, 5.41) is 3.41. The van der Waals surface area contributed by atoms with Gasteiger partial charge in [-0.3, -0.25) is 0 Å². The third-order valence-electron chi connectivity index (χ3n) is 3.42. The highest BCUT2D eigenvalue weighted by molar-refractivity contribution is 7.89. The van der Waals surface area contributed by atoms with Gasteiger partial charge in [-0.1, -0.05) is 26.0 Å². The van der Waals surface area contributed by atoms with Crippen LogP contribution in [0.2, 0.25) is 0 Å². The molecule has 0 heterocycles. The molecule has 0 bridgehead atoms. The predicted octanol–water partition coefficient (Wildman–Crippen LogP) is 2.26. The average Bonchev–Trinajstić information content (AvgIpc) is 3.20. The van der Waals surface area contributed by atoms with E-state index in [0.29, 0.717) is 23.4 Å². The first-order chi connectivity index (χ1) is 9.47. The molecule has 1 fully saturated rings. The molecule has 1 aromatic carbocycles. The molecule has 4 nitrogen and oxygen atoms in total. The molecule has 0 saturated heterocycles. The van der Waals surface area contributed by atoms with Gasteiger partial charge in [-0.05, 0) is 42.9 Å². The van der Waals surface area contributed by atoms with Gasteiger partial charge >= 0.3 is 0 Å². The lowest BCUT2D eigenvalue weighted by Crippen LogP contribution is -2.25. The number of sulfonamides is 1. The molecule has 0 amide bonds. The van der Waals surface area contributed by atoms with E-state index in [1.807, 2.05) is 12.1 Å². The van der Waals surface area contributed by atoms with Gasteiger partial charge in [0.1, 0.15) is 0 Å². The van der Waals surface area contributed by atoms with Crippen LogP contribution in [0.15, 0.2) is 29.2 Å². The molecule has 0 aliphatic heterocycles. The molecule has 0 aromatic heterocycles. The SMILES string of the molecule is CC(C)CCNS(=O)(=O)c1ccc(CNC2CC2)cc1. The van der Waals surface area contributed by atoms with Gasteiger partial charge in [0.05, 0.1) is 4.90 Å². The normalized spacial score (nSPS) is 15.8. The molecule has 5 heteroatoms. The summed E-state index contributed by atoms with van der Waals surface area (Å²) in [6.07, 6.45) is 3.36. The lowest BCUT2D eigenvalue weighted by Gasteiger charge is -2.09. The van der Waals surface area contributed by atoms with Crippen LogP contribution in [-0.2, 0) is 16.6 Å². The third kappa shape index (κ3) is 4.89. The molecule has 0 spiro atoms. The molecule has 2 rings (SSSR count). The number of nitrogens with one attached hydrogen (secondary N) is 2. The molecule has 0 radical (unpaired) electrons. The summed E-state index contributed by atoms with van der Waals surface area (Å²) in [6, 6.07) is 7.79. The van der Waals surface area contributed by atoms with E-state index in [0.717, 1.165) is 18.5 Å². The maximum Gasteiger partial charge on any atom is 0.240 e. The second kappa shape index (κ2) is 6.70. The molecule has 2 N–H and O–H groups in total. The van der Waals surface area contributed by atoms with Crippen molar-refractivity contribution in [3.05, 3.63) is 29.8 Å². The second-order valence-electron chi connectivity index (χ2n) is 5.88. The molecule has 1 saturated carbocycles. The van der Waals surface area contributed by atoms with Crippen LogP contribution < -0.4 is 10.0 Å². The van der Waals surface area contributed by atoms with Gasteiger partial charge in [-0.15, -0.1) is 0 Å². The van der Waals surface area contributed by atoms with Crippen molar-refractivity contribution in [2.45, 2.75) is 50.6 Å². The van der Waals surface area contributed by atoms with Crippen molar-refractivity contribution in [2.75, 3.05) is 6.54 Å². The maximum absolute atomic E-state index is 12.1. The fourth-order valence-electron chi connectivity index (χ4n) is 1.90. The minimum atomic E-state index is -3.36. The van der Waals surface area contributed by atoms with E-state index in [-0.39, 0.29) is 0 Å². The summed E-state index contributed by atoms with van der Waals surface area (Å²) in [4.78, 5) is 0.344. The van der Waals surface area contributed by atoms with Gasteiger partial charge in [0.25, 0.3) is 0 Å². The van der Waals surface area contributed by atoms with Crippen molar-refractivity contribution < 1.29 is 8.42 Å². The highest BCUT2D eigenvalue weighted by Gasteiger charge is 2.20. The standard InChI is InChI=1S/C15H24N2O2S/c1-12(2)9-10-17-20(18,19)15-7-3-13(4-8-15)11-16-14-5-6-14/h3-4,7-8,12,14,16-17H,5-6,9-11H2,1-2H3. The van der Waals surface area contributed by atoms with Crippen molar-refractivity contribution in [3.8, 4) is 0 Å². The van der Waals surface area contributed by atoms with E-state index < -0.39 is 10.0 Å². The Morgan fingerprint density at radius 3 is 2.40 bits per heavy atom. The summed E-state index contributed by atoms with van der Waals surface area (Å²) >= 11 is 0. The summed E-state index contributed by atoms with van der Waals surface area (Å²) in [7, 11) is -3.36. The van der Waals surface area contributed by atoms with E-state index in [1.165, 1.54) is 12.8 Å². The molecular formula is C15H24N2O2S. The zero-order valence-electron chi connectivity index (χ0n) is 12.2. The largest absolute Gasteiger partial charge is 0.310 e. The fraction of sp³-hybridized carbons (Fsp3) is 0.600. The zero-order valence-corrected chi connectivity index (χ0v) is 13.0. The predicted molar refractivity (Wildman–Crippen MR) is 80.9 cm³/mol. The van der Waals surface area contributed by atoms with E-state index in [1.54, 1.807) is 12.1 Å². The van der Waals surface area contributed by atoms with Crippen LogP contribution >= 0.6 is 0 Å². The Morgan fingerprint density at radius 1 is 1.20 bits per heavy atom. The van der Waals surface area contributed by atoms with E-state index in [2.05, 4.69) is 23.9 Å². The molecule has 1 aliphatic rings. The summed E-state index contributed by atoms with van der Waals surface area (Å²) in [5.41, 5.74) is 1.12. The molecular weight excluding hydrogens is 272 g/mol. The van der Waals surface area contributed by atoms with Gasteiger partial charge in [0.2, 0.25) is 10.0 Å². The van der Waals surface area contributed by atoms with Gasteiger partial charge in [0, 0.05) is 19.1 Å². The summed E-state index contributed by atoms with van der Waals surface area (Å²) in [5.74, 6) is 0.494. The van der Waals surface area contributed by atoms with Crippen molar-refractivity contribution in [2.24, 2.45) is 5.92 Å². The first-order valence-electron chi connectivity index (χ1n) is 7.29. The van der Waals surface area contributed by atoms with Gasteiger partial charge in [-0.2, -0.15) is 0 Å². The molecule has 1 aliphatic carbocycles. The van der Waals surface area contributed by atoms with E-state index >= 15 is 0 Å². The molecule has 112 valence electrons. The maximum atomic E-state index is 12.1. The van der Waals surface area contributed by atoms with Crippen molar-refractivity contribution in [1.82, 2.24) is 10.0 Å². The van der Waals surface area contributed by atoms with Crippen molar-refractivity contribution in [3.63, 3.8) is 0 Å². The quantitative estimate of drug-likeness (QED) is 0.773. The second-order valence-corrected chi connectivity index (χ2v) is 7.65. The molecule has 1 aromatic rings. The number of benzene rings is 1. The fourth-order valence-corrected chi connectivity index (χ4v) is 2.95. The van der Waals surface area contributed by atoms with Crippen LogP contribution in [0.1, 0.15) is 38.7 Å². The molecule has 0 unspecified atom stereocenters. The Kier molecular flexibility index (Phi) is 5.18. The van der Waals surface area contributed by atoms with Crippen LogP contribution in [0.3, 0.4) is 0 Å². The zero-order chi connectivity index (χ0) is 14.6. The Bertz CT molecular complexity index is 519. The number of rotatable bonds is 8. The van der Waals surface area contributed by atoms with Crippen LogP contribution in [0.4, 0.5) is 0 Å². The van der Waals surface area contributed by atoms with Crippen LogP contribution in [0, 0.1) is 5.92 Å². The average molecular weight is 296 g/mol. The Labute approximate surface area is 122 Å². The summed E-state index contributed by atoms with van der Waals surface area (Å²) in [6.45, 7) is 5.46.